The molecule has 0 spiro atoms. The maximum atomic E-state index is 7.27. The lowest BCUT2D eigenvalue weighted by atomic mass is 9.88. The van der Waals surface area contributed by atoms with Crippen molar-refractivity contribution in [1.29, 1.82) is 5.41 Å². The Labute approximate surface area is 102 Å². The summed E-state index contributed by atoms with van der Waals surface area (Å²) in [6.07, 6.45) is 6.86. The summed E-state index contributed by atoms with van der Waals surface area (Å²) in [6.45, 7) is 2.24. The topological polar surface area (TPSA) is 72.0 Å². The number of rotatable bonds is 3. The van der Waals surface area contributed by atoms with Crippen LogP contribution in [0.4, 0.5) is 0 Å². The highest BCUT2D eigenvalue weighted by molar-refractivity contribution is 5.92. The minimum atomic E-state index is -0.0115. The molecule has 1 aliphatic rings. The Morgan fingerprint density at radius 1 is 1.41 bits per heavy atom. The normalized spacial score (nSPS) is 24.3. The maximum absolute atomic E-state index is 7.27. The van der Waals surface area contributed by atoms with E-state index >= 15 is 0 Å². The molecule has 4 heteroatoms. The van der Waals surface area contributed by atoms with E-state index in [4.69, 9.17) is 15.9 Å². The van der Waals surface area contributed by atoms with Gasteiger partial charge in [-0.2, -0.15) is 0 Å². The Morgan fingerprint density at radius 3 is 2.76 bits per heavy atom. The summed E-state index contributed by atoms with van der Waals surface area (Å²) in [5, 5.41) is 7.27. The van der Waals surface area contributed by atoms with Gasteiger partial charge in [0.05, 0.1) is 6.20 Å². The van der Waals surface area contributed by atoms with Gasteiger partial charge in [-0.25, -0.2) is 4.98 Å². The molecule has 3 N–H and O–H groups in total. The van der Waals surface area contributed by atoms with E-state index in [2.05, 4.69) is 11.9 Å². The Balaban J connectivity index is 2.00. The molecular formula is C13H19N3O. The summed E-state index contributed by atoms with van der Waals surface area (Å²) >= 11 is 0. The van der Waals surface area contributed by atoms with E-state index < -0.39 is 0 Å². The quantitative estimate of drug-likeness (QED) is 0.621. The van der Waals surface area contributed by atoms with Crippen LogP contribution in [-0.2, 0) is 0 Å². The fourth-order valence-electron chi connectivity index (χ4n) is 2.24. The van der Waals surface area contributed by atoms with Gasteiger partial charge in [-0.15, -0.1) is 0 Å². The van der Waals surface area contributed by atoms with Crippen molar-refractivity contribution in [3.05, 3.63) is 24.0 Å². The lowest BCUT2D eigenvalue weighted by molar-refractivity contribution is 0.102. The minimum Gasteiger partial charge on any atom is -0.489 e. The van der Waals surface area contributed by atoms with Gasteiger partial charge in [-0.1, -0.05) is 13.3 Å². The molecule has 92 valence electrons. The number of hydrogen-bond acceptors (Lipinski definition) is 3. The molecule has 0 aromatic carbocycles. The summed E-state index contributed by atoms with van der Waals surface area (Å²) in [4.78, 5) is 4.09. The summed E-state index contributed by atoms with van der Waals surface area (Å²) in [5.41, 5.74) is 5.84. The molecule has 0 amide bonds. The molecule has 2 rings (SSSR count). The zero-order chi connectivity index (χ0) is 12.3. The average Bonchev–Trinajstić information content (AvgIpc) is 2.33. The Morgan fingerprint density at radius 2 is 2.18 bits per heavy atom. The fraction of sp³-hybridized carbons (Fsp3) is 0.538. The van der Waals surface area contributed by atoms with Gasteiger partial charge < -0.3 is 10.5 Å². The zero-order valence-corrected chi connectivity index (χ0v) is 10.1. The molecule has 1 aromatic rings. The molecule has 0 bridgehead atoms. The second-order valence-electron chi connectivity index (χ2n) is 4.71. The van der Waals surface area contributed by atoms with Crippen LogP contribution in [0.25, 0.3) is 0 Å². The van der Waals surface area contributed by atoms with Gasteiger partial charge in [0, 0.05) is 0 Å². The van der Waals surface area contributed by atoms with E-state index in [9.17, 15) is 0 Å². The zero-order valence-electron chi connectivity index (χ0n) is 10.1. The number of ether oxygens (including phenoxy) is 1. The molecule has 1 fully saturated rings. The smallest absolute Gasteiger partial charge is 0.141 e. The van der Waals surface area contributed by atoms with Gasteiger partial charge in [0.25, 0.3) is 0 Å². The van der Waals surface area contributed by atoms with Crippen molar-refractivity contribution < 1.29 is 4.74 Å². The predicted molar refractivity (Wildman–Crippen MR) is 67.3 cm³/mol. The summed E-state index contributed by atoms with van der Waals surface area (Å²) in [7, 11) is 0. The minimum absolute atomic E-state index is 0.0115. The molecule has 17 heavy (non-hydrogen) atoms. The van der Waals surface area contributed by atoms with Gasteiger partial charge in [0.2, 0.25) is 0 Å². The van der Waals surface area contributed by atoms with Gasteiger partial charge in [0.15, 0.2) is 0 Å². The van der Waals surface area contributed by atoms with Crippen LogP contribution in [0.5, 0.6) is 5.75 Å². The molecule has 1 aliphatic carbocycles. The van der Waals surface area contributed by atoms with Crippen LogP contribution in [0.1, 0.15) is 38.3 Å². The highest BCUT2D eigenvalue weighted by Crippen LogP contribution is 2.27. The second kappa shape index (κ2) is 5.17. The first-order chi connectivity index (χ1) is 8.16. The molecule has 4 nitrogen and oxygen atoms in total. The third-order valence-corrected chi connectivity index (χ3v) is 3.33. The van der Waals surface area contributed by atoms with Crippen molar-refractivity contribution in [2.24, 2.45) is 11.7 Å². The molecule has 0 radical (unpaired) electrons. The average molecular weight is 233 g/mol. The van der Waals surface area contributed by atoms with Gasteiger partial charge in [0.1, 0.15) is 23.4 Å². The van der Waals surface area contributed by atoms with Crippen molar-refractivity contribution in [2.75, 3.05) is 0 Å². The number of nitrogens with zero attached hydrogens (tertiary/aromatic N) is 1. The molecule has 2 unspecified atom stereocenters. The number of amidine groups is 1. The van der Waals surface area contributed by atoms with E-state index in [0.29, 0.717) is 17.7 Å². The van der Waals surface area contributed by atoms with Gasteiger partial charge >= 0.3 is 0 Å². The largest absolute Gasteiger partial charge is 0.489 e. The molecule has 1 heterocycles. The second-order valence-corrected chi connectivity index (χ2v) is 4.71. The van der Waals surface area contributed by atoms with Crippen molar-refractivity contribution in [3.8, 4) is 5.75 Å². The standard InChI is InChI=1S/C13H19N3O/c1-9-4-2-3-5-12(9)17-10-6-7-11(13(14)15)16-8-10/h6-9,12H,2-5H2,1H3,(H3,14,15). The first-order valence-electron chi connectivity index (χ1n) is 6.14. The number of nitrogens with one attached hydrogen (secondary N) is 1. The first-order valence-corrected chi connectivity index (χ1v) is 6.14. The number of nitrogen functional groups attached to an aromatic ring is 1. The molecule has 0 aliphatic heterocycles. The van der Waals surface area contributed by atoms with Crippen molar-refractivity contribution in [2.45, 2.75) is 38.7 Å². The van der Waals surface area contributed by atoms with Crippen molar-refractivity contribution in [3.63, 3.8) is 0 Å². The van der Waals surface area contributed by atoms with Crippen LogP contribution in [-0.4, -0.2) is 16.9 Å². The van der Waals surface area contributed by atoms with Crippen molar-refractivity contribution >= 4 is 5.84 Å². The van der Waals surface area contributed by atoms with E-state index in [0.717, 1.165) is 12.2 Å². The maximum Gasteiger partial charge on any atom is 0.141 e. The lowest BCUT2D eigenvalue weighted by Gasteiger charge is -2.29. The summed E-state index contributed by atoms with van der Waals surface area (Å²) in [5.74, 6) is 1.37. The molecular weight excluding hydrogens is 214 g/mol. The van der Waals surface area contributed by atoms with Gasteiger partial charge in [-0.05, 0) is 37.3 Å². The van der Waals surface area contributed by atoms with Gasteiger partial charge in [-0.3, -0.25) is 5.41 Å². The lowest BCUT2D eigenvalue weighted by Crippen LogP contribution is -2.28. The van der Waals surface area contributed by atoms with Crippen LogP contribution in [0, 0.1) is 11.3 Å². The summed E-state index contributed by atoms with van der Waals surface area (Å²) < 4.78 is 5.93. The summed E-state index contributed by atoms with van der Waals surface area (Å²) in [6, 6.07) is 3.57. The molecule has 0 saturated heterocycles. The third-order valence-electron chi connectivity index (χ3n) is 3.33. The molecule has 2 atom stereocenters. The van der Waals surface area contributed by atoms with Crippen LogP contribution in [0.15, 0.2) is 18.3 Å². The van der Waals surface area contributed by atoms with Crippen LogP contribution in [0.2, 0.25) is 0 Å². The third kappa shape index (κ3) is 2.96. The van der Waals surface area contributed by atoms with Crippen LogP contribution < -0.4 is 10.5 Å². The van der Waals surface area contributed by atoms with E-state index in [-0.39, 0.29) is 5.84 Å². The number of nitrogens with two attached hydrogens (primary N) is 1. The van der Waals surface area contributed by atoms with Crippen LogP contribution >= 0.6 is 0 Å². The monoisotopic (exact) mass is 233 g/mol. The predicted octanol–water partition coefficient (Wildman–Crippen LogP) is 2.32. The molecule has 1 aromatic heterocycles. The van der Waals surface area contributed by atoms with E-state index in [1.165, 1.54) is 19.3 Å². The van der Waals surface area contributed by atoms with Crippen molar-refractivity contribution in [1.82, 2.24) is 4.98 Å². The highest BCUT2D eigenvalue weighted by Gasteiger charge is 2.22. The van der Waals surface area contributed by atoms with E-state index in [1.54, 1.807) is 12.3 Å². The van der Waals surface area contributed by atoms with E-state index in [1.807, 2.05) is 6.07 Å². The van der Waals surface area contributed by atoms with Crippen LogP contribution in [0.3, 0.4) is 0 Å². The highest BCUT2D eigenvalue weighted by atomic mass is 16.5. The Hall–Kier alpha value is -1.58. The Kier molecular flexibility index (Phi) is 3.61. The number of aromatic nitrogens is 1. The first kappa shape index (κ1) is 11.9. The number of pyridine rings is 1. The number of hydrogen-bond donors (Lipinski definition) is 2. The fourth-order valence-corrected chi connectivity index (χ4v) is 2.24. The Bertz CT molecular complexity index is 388. The SMILES string of the molecule is CC1CCCCC1Oc1ccc(C(=N)N)nc1. The molecule has 1 saturated carbocycles.